The molecule has 0 aromatic carbocycles. The van der Waals surface area contributed by atoms with Crippen molar-refractivity contribution in [2.24, 2.45) is 5.11 Å². The number of hydrogen-bond donors (Lipinski definition) is 7. The predicted molar refractivity (Wildman–Crippen MR) is 140 cm³/mol. The van der Waals surface area contributed by atoms with Gasteiger partial charge in [-0.15, -0.1) is 15.8 Å². The maximum absolute atomic E-state index is 12.3. The summed E-state index contributed by atoms with van der Waals surface area (Å²) >= 11 is 0. The Morgan fingerprint density at radius 3 is 1.98 bits per heavy atom. The predicted octanol–water partition coefficient (Wildman–Crippen LogP) is 0.445. The Labute approximate surface area is 257 Å². The molecule has 266 valence electrons. The molecule has 0 amide bonds. The SMILES string of the molecule is C#CCO[C@@H]1C(O)[C@H](C)O[C@H]1OP(=O)(O)OP(=O)(O)OP(=O)(O)OOP(=O)(O)OC[C@H]1O[C@@H](C)[C@@H](O)C1OP(=O)(O)OCN=[N+]=[N-]. The first kappa shape index (κ1) is 41.5. The Morgan fingerprint density at radius 1 is 0.804 bits per heavy atom. The molecule has 31 heteroatoms. The van der Waals surface area contributed by atoms with Crippen molar-refractivity contribution in [1.29, 1.82) is 0 Å². The van der Waals surface area contributed by atoms with E-state index in [2.05, 4.69) is 41.6 Å². The number of rotatable bonds is 19. The van der Waals surface area contributed by atoms with Crippen LogP contribution in [0.4, 0.5) is 0 Å². The van der Waals surface area contributed by atoms with Crippen LogP contribution < -0.4 is 0 Å². The van der Waals surface area contributed by atoms with E-state index in [0.717, 1.165) is 0 Å². The van der Waals surface area contributed by atoms with Crippen molar-refractivity contribution in [2.45, 2.75) is 62.9 Å². The highest BCUT2D eigenvalue weighted by molar-refractivity contribution is 7.66. The second-order valence-electron chi connectivity index (χ2n) is 8.67. The number of hydrogen-bond acceptors (Lipinski definition) is 19. The molecule has 0 bridgehead atoms. The van der Waals surface area contributed by atoms with Crippen molar-refractivity contribution in [3.63, 3.8) is 0 Å². The largest absolute Gasteiger partial charge is 0.508 e. The molecule has 2 heterocycles. The van der Waals surface area contributed by atoms with E-state index in [-0.39, 0.29) is 0 Å². The van der Waals surface area contributed by atoms with Crippen LogP contribution in [0.2, 0.25) is 0 Å². The molecular weight excluding hydrogens is 745 g/mol. The van der Waals surface area contributed by atoms with Crippen LogP contribution in [0.25, 0.3) is 10.4 Å². The summed E-state index contributed by atoms with van der Waals surface area (Å²) in [7, 11) is -28.6. The number of nitrogens with zero attached hydrogens (tertiary/aromatic N) is 3. The van der Waals surface area contributed by atoms with Gasteiger partial charge < -0.3 is 48.9 Å². The minimum absolute atomic E-state index is 0.428. The topological polar surface area (TPSA) is 377 Å². The summed E-state index contributed by atoms with van der Waals surface area (Å²) in [6.45, 7) is 0.0413. The molecule has 0 radical (unpaired) electrons. The summed E-state index contributed by atoms with van der Waals surface area (Å²) in [5.74, 6) is 2.04. The van der Waals surface area contributed by atoms with Gasteiger partial charge in [0.1, 0.15) is 43.9 Å². The molecule has 2 aliphatic rings. The zero-order chi connectivity index (χ0) is 35.1. The van der Waals surface area contributed by atoms with Gasteiger partial charge >= 0.3 is 39.1 Å². The van der Waals surface area contributed by atoms with Gasteiger partial charge in [-0.1, -0.05) is 11.0 Å². The third kappa shape index (κ3) is 13.3. The minimum Gasteiger partial charge on any atom is -0.388 e. The maximum Gasteiger partial charge on any atom is 0.508 e. The first-order valence-electron chi connectivity index (χ1n) is 11.9. The van der Waals surface area contributed by atoms with E-state index < -0.39 is 108 Å². The van der Waals surface area contributed by atoms with Crippen LogP contribution in [0.1, 0.15) is 13.8 Å². The summed E-state index contributed by atoms with van der Waals surface area (Å²) in [4.78, 5) is 50.8. The Kier molecular flexibility index (Phi) is 15.2. The van der Waals surface area contributed by atoms with E-state index in [4.69, 9.17) is 30.7 Å². The van der Waals surface area contributed by atoms with Gasteiger partial charge in [-0.3, -0.25) is 18.1 Å². The van der Waals surface area contributed by atoms with Crippen molar-refractivity contribution in [2.75, 3.05) is 19.9 Å². The van der Waals surface area contributed by atoms with Crippen LogP contribution in [0, 0.1) is 12.3 Å². The number of azide groups is 1. The first-order chi connectivity index (χ1) is 21.0. The van der Waals surface area contributed by atoms with E-state index in [0.29, 0.717) is 0 Å². The van der Waals surface area contributed by atoms with Gasteiger partial charge in [0.2, 0.25) is 0 Å². The second kappa shape index (κ2) is 16.8. The Bertz CT molecular complexity index is 1390. The lowest BCUT2D eigenvalue weighted by atomic mass is 10.1. The molecule has 26 nitrogen and oxygen atoms in total. The molecule has 7 unspecified atom stereocenters. The van der Waals surface area contributed by atoms with Gasteiger partial charge in [-0.05, 0) is 19.4 Å². The molecule has 0 aliphatic carbocycles. The molecule has 13 atom stereocenters. The zero-order valence-electron chi connectivity index (χ0n) is 23.1. The summed E-state index contributed by atoms with van der Waals surface area (Å²) in [5, 5.41) is 23.0. The van der Waals surface area contributed by atoms with Crippen LogP contribution in [0.5, 0.6) is 0 Å². The van der Waals surface area contributed by atoms with Crippen LogP contribution in [-0.4, -0.2) is 104 Å². The molecule has 2 rings (SSSR count). The molecule has 0 aromatic heterocycles. The number of aliphatic hydroxyl groups is 2. The fraction of sp³-hybridized carbons (Fsp3) is 0.867. The molecule has 0 spiro atoms. The third-order valence-electron chi connectivity index (χ3n) is 5.24. The number of ether oxygens (including phenoxy) is 3. The zero-order valence-corrected chi connectivity index (χ0v) is 27.5. The molecule has 2 fully saturated rings. The molecule has 7 N–H and O–H groups in total. The molecule has 0 saturated carbocycles. The van der Waals surface area contributed by atoms with Crippen LogP contribution in [0.15, 0.2) is 5.11 Å². The Morgan fingerprint density at radius 2 is 1.37 bits per heavy atom. The number of phosphoric acid groups is 5. The van der Waals surface area contributed by atoms with Crippen LogP contribution in [-0.2, 0) is 73.1 Å². The van der Waals surface area contributed by atoms with E-state index >= 15 is 0 Å². The average molecular weight is 773 g/mol. The second-order valence-corrected chi connectivity index (χ2v) is 15.9. The molecular formula is C15H28N3O23P5. The van der Waals surface area contributed by atoms with Gasteiger partial charge in [0.15, 0.2) is 6.29 Å². The lowest BCUT2D eigenvalue weighted by Gasteiger charge is -2.23. The number of terminal acetylenes is 1. The smallest absolute Gasteiger partial charge is 0.388 e. The summed E-state index contributed by atoms with van der Waals surface area (Å²) in [6, 6.07) is 0. The maximum atomic E-state index is 12.3. The van der Waals surface area contributed by atoms with Gasteiger partial charge in [-0.2, -0.15) is 8.62 Å². The quantitative estimate of drug-likeness (QED) is 0.0178. The highest BCUT2D eigenvalue weighted by atomic mass is 31.3. The van der Waals surface area contributed by atoms with E-state index in [9.17, 15) is 57.5 Å². The van der Waals surface area contributed by atoms with Gasteiger partial charge in [0, 0.05) is 4.91 Å². The molecule has 2 saturated heterocycles. The van der Waals surface area contributed by atoms with E-state index in [1.807, 2.05) is 5.92 Å². The Hall–Kier alpha value is -0.700. The van der Waals surface area contributed by atoms with Gasteiger partial charge in [0.05, 0.1) is 18.8 Å². The molecule has 2 aliphatic heterocycles. The van der Waals surface area contributed by atoms with Crippen LogP contribution in [0.3, 0.4) is 0 Å². The summed E-state index contributed by atoms with van der Waals surface area (Å²) in [6.07, 6.45) is -7.08. The highest BCUT2D eigenvalue weighted by Gasteiger charge is 2.51. The summed E-state index contributed by atoms with van der Waals surface area (Å²) < 4.78 is 109. The van der Waals surface area contributed by atoms with Gasteiger partial charge in [0.25, 0.3) is 0 Å². The van der Waals surface area contributed by atoms with Crippen molar-refractivity contribution in [1.82, 2.24) is 0 Å². The summed E-state index contributed by atoms with van der Waals surface area (Å²) in [5.41, 5.74) is 8.20. The molecule has 0 aromatic rings. The van der Waals surface area contributed by atoms with Crippen molar-refractivity contribution in [3.05, 3.63) is 10.4 Å². The lowest BCUT2D eigenvalue weighted by Crippen LogP contribution is -2.36. The standard InChI is InChI=1S/C15H28N3O23P5/c1-4-5-31-14-12(20)9(3)35-15(14)37-44(25,26)40-46(29,30)41-45(27,28)39-38-43(23,24)32-6-10-13(11(19)8(2)34-10)36-42(21,22)33-7-17-18-16/h1,8-15,19-20H,5-7H2,2-3H3,(H,21,22)(H,23,24)(H,25,26)(H,27,28)(H,29,30)/t8-,9-,10+,11+,12?,13?,14+,15-/m0/s1. The fourth-order valence-corrected chi connectivity index (χ4v) is 8.46. The van der Waals surface area contributed by atoms with Crippen molar-refractivity contribution < 1.29 is 108 Å². The van der Waals surface area contributed by atoms with Gasteiger partial charge in [-0.25, -0.2) is 22.8 Å². The monoisotopic (exact) mass is 773 g/mol. The van der Waals surface area contributed by atoms with Crippen LogP contribution >= 0.6 is 39.1 Å². The normalized spacial score (nSPS) is 34.6. The first-order valence-corrected chi connectivity index (χ1v) is 19.3. The third-order valence-corrected chi connectivity index (χ3v) is 11.1. The van der Waals surface area contributed by atoms with Crippen molar-refractivity contribution in [3.8, 4) is 12.3 Å². The average Bonchev–Trinajstić information content (AvgIpc) is 3.31. The van der Waals surface area contributed by atoms with Crippen molar-refractivity contribution >= 4 is 39.1 Å². The van der Waals surface area contributed by atoms with E-state index in [1.165, 1.54) is 13.8 Å². The lowest BCUT2D eigenvalue weighted by molar-refractivity contribution is -0.149. The number of phosphoric ester groups is 3. The number of aliphatic hydroxyl groups excluding tert-OH is 2. The van der Waals surface area contributed by atoms with E-state index in [1.54, 1.807) is 0 Å². The Balaban J connectivity index is 1.96. The minimum atomic E-state index is -6.14. The highest BCUT2D eigenvalue weighted by Crippen LogP contribution is 2.69. The fourth-order valence-electron chi connectivity index (χ4n) is 3.41. The molecule has 46 heavy (non-hydrogen) atoms.